The molecule has 0 aliphatic heterocycles. The Kier molecular flexibility index (Phi) is 6.05. The number of ether oxygens (including phenoxy) is 1. The van der Waals surface area contributed by atoms with Crippen molar-refractivity contribution in [2.75, 3.05) is 6.61 Å². The molecule has 0 heterocycles. The zero-order chi connectivity index (χ0) is 16.2. The standard InChI is InChI=1S/C15H18Cl2O4/c1-4-21-14(20)15(9(2)3,13(18)19)8-10-6-5-7-11(16)12(10)17/h5-7,9H,4,8H2,1-3H3,(H,18,19). The molecule has 0 amide bonds. The number of rotatable bonds is 6. The Bertz CT molecular complexity index is 542. The Balaban J connectivity index is 3.34. The van der Waals surface area contributed by atoms with E-state index < -0.39 is 23.3 Å². The van der Waals surface area contributed by atoms with E-state index in [1.807, 2.05) is 0 Å². The van der Waals surface area contributed by atoms with Crippen molar-refractivity contribution in [3.63, 3.8) is 0 Å². The second-order valence-corrected chi connectivity index (χ2v) is 5.83. The molecule has 1 unspecified atom stereocenters. The van der Waals surface area contributed by atoms with E-state index in [-0.39, 0.29) is 18.1 Å². The number of benzene rings is 1. The summed E-state index contributed by atoms with van der Waals surface area (Å²) in [4.78, 5) is 24.1. The molecule has 0 aliphatic carbocycles. The van der Waals surface area contributed by atoms with Crippen molar-refractivity contribution in [1.29, 1.82) is 0 Å². The third-order valence-electron chi connectivity index (χ3n) is 3.51. The molecule has 0 fully saturated rings. The molecule has 0 spiro atoms. The van der Waals surface area contributed by atoms with Crippen LogP contribution in [0.15, 0.2) is 18.2 Å². The van der Waals surface area contributed by atoms with Crippen LogP contribution in [0, 0.1) is 11.3 Å². The molecule has 1 rings (SSSR count). The summed E-state index contributed by atoms with van der Waals surface area (Å²) in [6.07, 6.45) is -0.0712. The third-order valence-corrected chi connectivity index (χ3v) is 4.37. The first-order valence-electron chi connectivity index (χ1n) is 6.60. The molecule has 116 valence electrons. The monoisotopic (exact) mass is 332 g/mol. The fraction of sp³-hybridized carbons (Fsp3) is 0.467. The lowest BCUT2D eigenvalue weighted by molar-refractivity contribution is -0.172. The molecular formula is C15H18Cl2O4. The first kappa shape index (κ1) is 17.8. The summed E-state index contributed by atoms with van der Waals surface area (Å²) in [5.41, 5.74) is -1.18. The van der Waals surface area contributed by atoms with Gasteiger partial charge < -0.3 is 9.84 Å². The van der Waals surface area contributed by atoms with Crippen molar-refractivity contribution in [3.8, 4) is 0 Å². The molecule has 1 aromatic rings. The Morgan fingerprint density at radius 1 is 1.33 bits per heavy atom. The summed E-state index contributed by atoms with van der Waals surface area (Å²) in [5, 5.41) is 10.2. The quantitative estimate of drug-likeness (QED) is 0.635. The summed E-state index contributed by atoms with van der Waals surface area (Å²) in [6, 6.07) is 4.94. The van der Waals surface area contributed by atoms with E-state index in [4.69, 9.17) is 27.9 Å². The van der Waals surface area contributed by atoms with Crippen LogP contribution in [0.2, 0.25) is 10.0 Å². The van der Waals surface area contributed by atoms with Gasteiger partial charge in [-0.05, 0) is 24.5 Å². The van der Waals surface area contributed by atoms with Crippen molar-refractivity contribution in [1.82, 2.24) is 0 Å². The van der Waals surface area contributed by atoms with Crippen molar-refractivity contribution >= 4 is 35.1 Å². The highest BCUT2D eigenvalue weighted by Gasteiger charge is 2.50. The number of halogens is 2. The molecule has 0 saturated carbocycles. The molecular weight excluding hydrogens is 315 g/mol. The molecule has 1 aromatic carbocycles. The molecule has 0 saturated heterocycles. The summed E-state index contributed by atoms with van der Waals surface area (Å²) in [6.45, 7) is 5.09. The fourth-order valence-corrected chi connectivity index (χ4v) is 2.55. The molecule has 21 heavy (non-hydrogen) atoms. The molecule has 1 atom stereocenters. The van der Waals surface area contributed by atoms with Gasteiger partial charge >= 0.3 is 11.9 Å². The summed E-state index contributed by atoms with van der Waals surface area (Å²) < 4.78 is 4.98. The zero-order valence-electron chi connectivity index (χ0n) is 12.2. The molecule has 0 aliphatic rings. The van der Waals surface area contributed by atoms with E-state index in [0.29, 0.717) is 10.6 Å². The predicted octanol–water partition coefficient (Wildman–Crippen LogP) is 3.83. The van der Waals surface area contributed by atoms with Crippen molar-refractivity contribution < 1.29 is 19.4 Å². The first-order chi connectivity index (χ1) is 9.77. The van der Waals surface area contributed by atoms with Gasteiger partial charge in [-0.1, -0.05) is 49.2 Å². The maximum atomic E-state index is 12.3. The predicted molar refractivity (Wildman–Crippen MR) is 81.7 cm³/mol. The molecule has 1 N–H and O–H groups in total. The van der Waals surface area contributed by atoms with Gasteiger partial charge in [-0.15, -0.1) is 0 Å². The second-order valence-electron chi connectivity index (χ2n) is 5.04. The van der Waals surface area contributed by atoms with Crippen LogP contribution in [-0.4, -0.2) is 23.7 Å². The molecule has 0 radical (unpaired) electrons. The van der Waals surface area contributed by atoms with Gasteiger partial charge in [0.15, 0.2) is 5.41 Å². The van der Waals surface area contributed by atoms with Gasteiger partial charge in [0, 0.05) is 6.42 Å². The normalized spacial score (nSPS) is 13.8. The number of hydrogen-bond donors (Lipinski definition) is 1. The smallest absolute Gasteiger partial charge is 0.324 e. The lowest BCUT2D eigenvalue weighted by atomic mass is 9.72. The Labute approximate surface area is 134 Å². The lowest BCUT2D eigenvalue weighted by Crippen LogP contribution is -2.47. The van der Waals surface area contributed by atoms with Crippen LogP contribution in [0.25, 0.3) is 0 Å². The van der Waals surface area contributed by atoms with Gasteiger partial charge in [0.05, 0.1) is 16.7 Å². The third kappa shape index (κ3) is 3.50. The Morgan fingerprint density at radius 3 is 2.43 bits per heavy atom. The van der Waals surface area contributed by atoms with E-state index in [1.54, 1.807) is 39.0 Å². The van der Waals surface area contributed by atoms with Crippen LogP contribution in [-0.2, 0) is 20.7 Å². The summed E-state index contributed by atoms with van der Waals surface area (Å²) >= 11 is 12.1. The minimum atomic E-state index is -1.69. The Morgan fingerprint density at radius 2 is 1.95 bits per heavy atom. The van der Waals surface area contributed by atoms with Gasteiger partial charge in [-0.25, -0.2) is 0 Å². The van der Waals surface area contributed by atoms with Crippen LogP contribution in [0.1, 0.15) is 26.3 Å². The van der Waals surface area contributed by atoms with Gasteiger partial charge in [-0.3, -0.25) is 9.59 Å². The second kappa shape index (κ2) is 7.14. The summed E-state index contributed by atoms with van der Waals surface area (Å²) in [7, 11) is 0. The van der Waals surface area contributed by atoms with Crippen LogP contribution in [0.3, 0.4) is 0 Å². The number of hydrogen-bond acceptors (Lipinski definition) is 3. The number of esters is 1. The highest BCUT2D eigenvalue weighted by Crippen LogP contribution is 2.37. The van der Waals surface area contributed by atoms with Gasteiger partial charge in [0.25, 0.3) is 0 Å². The number of aliphatic carboxylic acids is 1. The highest BCUT2D eigenvalue weighted by molar-refractivity contribution is 6.42. The average molecular weight is 333 g/mol. The maximum Gasteiger partial charge on any atom is 0.324 e. The van der Waals surface area contributed by atoms with Crippen LogP contribution in [0.4, 0.5) is 0 Å². The Hall–Kier alpha value is -1.26. The SMILES string of the molecule is CCOC(=O)C(Cc1cccc(Cl)c1Cl)(C(=O)O)C(C)C. The van der Waals surface area contributed by atoms with E-state index in [0.717, 1.165) is 0 Å². The van der Waals surface area contributed by atoms with Crippen molar-refractivity contribution in [2.24, 2.45) is 11.3 Å². The van der Waals surface area contributed by atoms with Gasteiger partial charge in [0.2, 0.25) is 0 Å². The minimum Gasteiger partial charge on any atom is -0.480 e. The maximum absolute atomic E-state index is 12.3. The lowest BCUT2D eigenvalue weighted by Gasteiger charge is -2.31. The van der Waals surface area contributed by atoms with Gasteiger partial charge in [0.1, 0.15) is 0 Å². The first-order valence-corrected chi connectivity index (χ1v) is 7.36. The molecule has 4 nitrogen and oxygen atoms in total. The number of carboxylic acids is 1. The van der Waals surface area contributed by atoms with Gasteiger partial charge in [-0.2, -0.15) is 0 Å². The van der Waals surface area contributed by atoms with Crippen molar-refractivity contribution in [2.45, 2.75) is 27.2 Å². The number of carbonyl (C=O) groups excluding carboxylic acids is 1. The highest BCUT2D eigenvalue weighted by atomic mass is 35.5. The topological polar surface area (TPSA) is 63.6 Å². The number of carboxylic acid groups (broad SMARTS) is 1. The molecule has 0 aromatic heterocycles. The van der Waals surface area contributed by atoms with Crippen molar-refractivity contribution in [3.05, 3.63) is 33.8 Å². The summed E-state index contributed by atoms with van der Waals surface area (Å²) in [5.74, 6) is -2.46. The largest absolute Gasteiger partial charge is 0.480 e. The minimum absolute atomic E-state index is 0.0712. The average Bonchev–Trinajstić information content (AvgIpc) is 2.39. The zero-order valence-corrected chi connectivity index (χ0v) is 13.7. The van der Waals surface area contributed by atoms with Crippen LogP contribution < -0.4 is 0 Å². The van der Waals surface area contributed by atoms with E-state index in [9.17, 15) is 14.7 Å². The van der Waals surface area contributed by atoms with E-state index in [1.165, 1.54) is 0 Å². The number of carbonyl (C=O) groups is 2. The van der Waals surface area contributed by atoms with E-state index >= 15 is 0 Å². The van der Waals surface area contributed by atoms with E-state index in [2.05, 4.69) is 0 Å². The fourth-order valence-electron chi connectivity index (χ4n) is 2.17. The molecule has 0 bridgehead atoms. The molecule has 6 heteroatoms. The van der Waals surface area contributed by atoms with Crippen LogP contribution in [0.5, 0.6) is 0 Å². The van der Waals surface area contributed by atoms with Crippen LogP contribution >= 0.6 is 23.2 Å².